The minimum Gasteiger partial charge on any atom is -0.394 e. The maximum absolute atomic E-state index is 12.6. The fraction of sp³-hybridized carbons (Fsp3) is 0.954. The maximum atomic E-state index is 12.6. The quantitative estimate of drug-likeness (QED) is 0.0361. The van der Waals surface area contributed by atoms with Crippen molar-refractivity contribution in [2.24, 2.45) is 0 Å². The van der Waals surface area contributed by atoms with Gasteiger partial charge in [0.25, 0.3) is 0 Å². The Labute approximate surface area is 440 Å². The lowest BCUT2D eigenvalue weighted by Gasteiger charge is -2.21. The molecule has 0 aromatic heterocycles. The first-order chi connectivity index (χ1) is 34.6. The summed E-state index contributed by atoms with van der Waals surface area (Å²) in [5, 5.41) is 33.4. The van der Waals surface area contributed by atoms with E-state index in [1.165, 1.54) is 321 Å². The van der Waals surface area contributed by atoms with Gasteiger partial charge in [-0.25, -0.2) is 0 Å². The second-order valence-corrected chi connectivity index (χ2v) is 22.7. The highest BCUT2D eigenvalue weighted by molar-refractivity contribution is 5.80. The van der Waals surface area contributed by atoms with Gasteiger partial charge in [0, 0.05) is 0 Å². The van der Waals surface area contributed by atoms with Crippen molar-refractivity contribution in [3.8, 4) is 0 Å². The Morgan fingerprint density at radius 3 is 0.786 bits per heavy atom. The lowest BCUT2D eigenvalue weighted by Crippen LogP contribution is -2.48. The predicted molar refractivity (Wildman–Crippen MR) is 310 cm³/mol. The van der Waals surface area contributed by atoms with Gasteiger partial charge in [0.05, 0.1) is 18.8 Å². The molecule has 0 saturated heterocycles. The molecule has 0 aromatic carbocycles. The van der Waals surface area contributed by atoms with Gasteiger partial charge in [-0.15, -0.1) is 0 Å². The van der Waals surface area contributed by atoms with Crippen LogP contribution in [0.25, 0.3) is 0 Å². The van der Waals surface area contributed by atoms with E-state index in [4.69, 9.17) is 0 Å². The molecule has 3 unspecified atom stereocenters. The van der Waals surface area contributed by atoms with E-state index in [0.717, 1.165) is 32.1 Å². The van der Waals surface area contributed by atoms with E-state index in [-0.39, 0.29) is 6.61 Å². The fourth-order valence-corrected chi connectivity index (χ4v) is 10.6. The summed E-state index contributed by atoms with van der Waals surface area (Å²) in [7, 11) is 0. The van der Waals surface area contributed by atoms with Gasteiger partial charge in [0.15, 0.2) is 0 Å². The van der Waals surface area contributed by atoms with E-state index in [2.05, 4.69) is 19.2 Å². The Balaban J connectivity index is 3.43. The van der Waals surface area contributed by atoms with Crippen molar-refractivity contribution < 1.29 is 20.1 Å². The highest BCUT2D eigenvalue weighted by atomic mass is 16.3. The number of unbranched alkanes of at least 4 members (excludes halogenated alkanes) is 53. The molecule has 5 nitrogen and oxygen atoms in total. The zero-order valence-corrected chi connectivity index (χ0v) is 47.9. The molecule has 0 bridgehead atoms. The number of hydrogen-bond donors (Lipinski definition) is 4. The summed E-state index contributed by atoms with van der Waals surface area (Å²) >= 11 is 0. The van der Waals surface area contributed by atoms with E-state index in [1.54, 1.807) is 6.08 Å². The number of aliphatic hydroxyl groups is 3. The molecular formula is C65H129NO4. The smallest absolute Gasteiger partial charge is 0.249 e. The number of hydrogen-bond acceptors (Lipinski definition) is 4. The van der Waals surface area contributed by atoms with Crippen LogP contribution in [0.4, 0.5) is 0 Å². The number of allylic oxidation sites excluding steroid dienone is 1. The molecule has 0 rings (SSSR count). The topological polar surface area (TPSA) is 89.8 Å². The molecule has 0 aromatic rings. The molecule has 0 spiro atoms. The van der Waals surface area contributed by atoms with E-state index < -0.39 is 24.2 Å². The third-order valence-electron chi connectivity index (χ3n) is 15.6. The highest BCUT2D eigenvalue weighted by Crippen LogP contribution is 2.19. The molecule has 70 heavy (non-hydrogen) atoms. The van der Waals surface area contributed by atoms with Crippen molar-refractivity contribution in [2.75, 3.05) is 6.61 Å². The van der Waals surface area contributed by atoms with Gasteiger partial charge in [-0.2, -0.15) is 0 Å². The van der Waals surface area contributed by atoms with Crippen LogP contribution in [0.1, 0.15) is 373 Å². The second kappa shape index (κ2) is 60.6. The molecule has 3 atom stereocenters. The summed E-state index contributed by atoms with van der Waals surface area (Å²) in [5.41, 5.74) is 0. The lowest BCUT2D eigenvalue weighted by molar-refractivity contribution is -0.131. The molecular weight excluding hydrogens is 859 g/mol. The Hall–Kier alpha value is -0.910. The number of nitrogens with one attached hydrogen (secondary N) is 1. The molecule has 4 N–H and O–H groups in total. The van der Waals surface area contributed by atoms with E-state index in [9.17, 15) is 20.1 Å². The number of rotatable bonds is 61. The normalized spacial score (nSPS) is 13.2. The fourth-order valence-electron chi connectivity index (χ4n) is 10.6. The standard InChI is InChI=1S/C65H129NO4/c1-3-5-7-9-11-13-15-17-19-21-23-24-25-26-27-28-29-30-31-32-33-34-35-36-37-38-39-40-41-42-44-46-48-50-52-54-56-58-60-64(69)65(70)66-62(61-67)63(68)59-57-55-53-51-49-47-45-43-22-20-18-16-14-12-10-8-6-4-2/h57,59,62-64,67-69H,3-56,58,60-61H2,1-2H3,(H,66,70)/b59-57+. The number of aliphatic hydroxyl groups excluding tert-OH is 3. The van der Waals surface area contributed by atoms with Gasteiger partial charge in [-0.05, 0) is 19.3 Å². The molecule has 0 aliphatic carbocycles. The average Bonchev–Trinajstić information content (AvgIpc) is 3.36. The van der Waals surface area contributed by atoms with Crippen molar-refractivity contribution in [2.45, 2.75) is 392 Å². The average molecular weight is 989 g/mol. The summed E-state index contributed by atoms with van der Waals surface area (Å²) in [5.74, 6) is -0.495. The predicted octanol–water partition coefficient (Wildman–Crippen LogP) is 20.6. The number of amides is 1. The summed E-state index contributed by atoms with van der Waals surface area (Å²) in [4.78, 5) is 12.6. The van der Waals surface area contributed by atoms with Crippen LogP contribution in [-0.2, 0) is 4.79 Å². The molecule has 0 heterocycles. The molecule has 0 saturated carbocycles. The Morgan fingerprint density at radius 2 is 0.557 bits per heavy atom. The minimum absolute atomic E-state index is 0.358. The van der Waals surface area contributed by atoms with Crippen LogP contribution in [0.5, 0.6) is 0 Å². The van der Waals surface area contributed by atoms with Crippen molar-refractivity contribution in [1.29, 1.82) is 0 Å². The Morgan fingerprint density at radius 1 is 0.343 bits per heavy atom. The largest absolute Gasteiger partial charge is 0.394 e. The van der Waals surface area contributed by atoms with Crippen LogP contribution in [-0.4, -0.2) is 46.1 Å². The molecule has 0 aliphatic heterocycles. The van der Waals surface area contributed by atoms with E-state index >= 15 is 0 Å². The first-order valence-corrected chi connectivity index (χ1v) is 32.5. The SMILES string of the molecule is CCCCCCCCCCCCCCCCCC/C=C/C(O)C(CO)NC(=O)C(O)CCCCCCCCCCCCCCCCCCCCCCCCCCCCCCCCCCCCCCCC. The third kappa shape index (κ3) is 54.9. The Bertz CT molecular complexity index is 1000. The van der Waals surface area contributed by atoms with Crippen molar-refractivity contribution in [1.82, 2.24) is 5.32 Å². The van der Waals surface area contributed by atoms with E-state index in [0.29, 0.717) is 6.42 Å². The molecule has 0 radical (unpaired) electrons. The second-order valence-electron chi connectivity index (χ2n) is 22.7. The molecule has 0 fully saturated rings. The molecule has 5 heteroatoms. The van der Waals surface area contributed by atoms with Crippen LogP contribution in [0, 0.1) is 0 Å². The van der Waals surface area contributed by atoms with Crippen LogP contribution >= 0.6 is 0 Å². The summed E-state index contributed by atoms with van der Waals surface area (Å²) < 4.78 is 0. The van der Waals surface area contributed by atoms with Crippen LogP contribution in [0.3, 0.4) is 0 Å². The van der Waals surface area contributed by atoms with Crippen molar-refractivity contribution in [3.63, 3.8) is 0 Å². The maximum Gasteiger partial charge on any atom is 0.249 e. The Kier molecular flexibility index (Phi) is 59.9. The zero-order valence-electron chi connectivity index (χ0n) is 47.9. The van der Waals surface area contributed by atoms with Crippen LogP contribution in [0.15, 0.2) is 12.2 Å². The monoisotopic (exact) mass is 988 g/mol. The molecule has 0 aliphatic rings. The van der Waals surface area contributed by atoms with Crippen molar-refractivity contribution in [3.05, 3.63) is 12.2 Å². The first-order valence-electron chi connectivity index (χ1n) is 32.5. The summed E-state index contributed by atoms with van der Waals surface area (Å²) in [6, 6.07) is -0.795. The van der Waals surface area contributed by atoms with Gasteiger partial charge in [-0.1, -0.05) is 366 Å². The third-order valence-corrected chi connectivity index (χ3v) is 15.6. The molecule has 1 amide bonds. The van der Waals surface area contributed by atoms with Gasteiger partial charge in [0.2, 0.25) is 5.91 Å². The van der Waals surface area contributed by atoms with Crippen LogP contribution < -0.4 is 5.32 Å². The van der Waals surface area contributed by atoms with Gasteiger partial charge >= 0.3 is 0 Å². The highest BCUT2D eigenvalue weighted by Gasteiger charge is 2.22. The first kappa shape index (κ1) is 69.1. The number of carbonyl (C=O) groups excluding carboxylic acids is 1. The zero-order chi connectivity index (χ0) is 50.7. The van der Waals surface area contributed by atoms with Crippen molar-refractivity contribution >= 4 is 5.91 Å². The summed E-state index contributed by atoms with van der Waals surface area (Å²) in [6.07, 6.45) is 77.7. The minimum atomic E-state index is -1.09. The van der Waals surface area contributed by atoms with Gasteiger partial charge in [-0.3, -0.25) is 4.79 Å². The van der Waals surface area contributed by atoms with E-state index in [1.807, 2.05) is 6.08 Å². The van der Waals surface area contributed by atoms with Crippen LogP contribution in [0.2, 0.25) is 0 Å². The van der Waals surface area contributed by atoms with Gasteiger partial charge < -0.3 is 20.6 Å². The molecule has 418 valence electrons. The summed E-state index contributed by atoms with van der Waals surface area (Å²) in [6.45, 7) is 4.23. The lowest BCUT2D eigenvalue weighted by atomic mass is 10.0. The van der Waals surface area contributed by atoms with Gasteiger partial charge in [0.1, 0.15) is 6.10 Å². The number of carbonyl (C=O) groups is 1.